The molecule has 3 aliphatic heterocycles. The highest BCUT2D eigenvalue weighted by molar-refractivity contribution is 5.89. The van der Waals surface area contributed by atoms with Gasteiger partial charge in [-0.15, -0.1) is 24.8 Å². The largest absolute Gasteiger partial charge is 0.379 e. The minimum atomic E-state index is -0.171. The molecule has 0 saturated carbocycles. The van der Waals surface area contributed by atoms with Crippen LogP contribution in [-0.2, 0) is 14.3 Å². The monoisotopic (exact) mass is 410 g/mol. The van der Waals surface area contributed by atoms with Gasteiger partial charge in [-0.3, -0.25) is 14.5 Å². The summed E-state index contributed by atoms with van der Waals surface area (Å²) in [6, 6.07) is 0.487. The number of carbonyl (C=O) groups is 2. The molecule has 3 heterocycles. The Morgan fingerprint density at radius 2 is 1.85 bits per heavy atom. The topological polar surface area (TPSA) is 65.1 Å². The Hall–Kier alpha value is -0.600. The molecule has 0 bridgehead atoms. The van der Waals surface area contributed by atoms with Crippen molar-refractivity contribution in [2.75, 3.05) is 59.0 Å². The summed E-state index contributed by atoms with van der Waals surface area (Å²) in [6.45, 7) is 11.3. The molecule has 0 aromatic rings. The van der Waals surface area contributed by atoms with Gasteiger partial charge in [0.25, 0.3) is 0 Å². The van der Waals surface area contributed by atoms with Gasteiger partial charge in [0.05, 0.1) is 19.1 Å². The van der Waals surface area contributed by atoms with Gasteiger partial charge in [0.1, 0.15) is 0 Å². The first-order chi connectivity index (χ1) is 11.6. The molecule has 152 valence electrons. The summed E-state index contributed by atoms with van der Waals surface area (Å²) in [4.78, 5) is 31.3. The van der Waals surface area contributed by atoms with Crippen LogP contribution in [0.1, 0.15) is 20.3 Å². The van der Waals surface area contributed by atoms with Gasteiger partial charge in [-0.05, 0) is 13.8 Å². The fourth-order valence-corrected chi connectivity index (χ4v) is 3.84. The van der Waals surface area contributed by atoms with Crippen molar-refractivity contribution in [2.24, 2.45) is 5.92 Å². The van der Waals surface area contributed by atoms with Gasteiger partial charge in [-0.2, -0.15) is 0 Å². The van der Waals surface area contributed by atoms with Crippen LogP contribution in [0.4, 0.5) is 0 Å². The van der Waals surface area contributed by atoms with E-state index in [0.717, 1.165) is 52.5 Å². The summed E-state index contributed by atoms with van der Waals surface area (Å²) in [5.74, 6) is 0.102. The molecule has 3 aliphatic rings. The molecule has 3 unspecified atom stereocenters. The van der Waals surface area contributed by atoms with Crippen LogP contribution in [0.5, 0.6) is 0 Å². The first kappa shape index (κ1) is 23.4. The van der Waals surface area contributed by atoms with Crippen molar-refractivity contribution in [3.63, 3.8) is 0 Å². The number of nitrogens with zero attached hydrogens (tertiary/aromatic N) is 3. The fraction of sp³-hybridized carbons (Fsp3) is 0.882. The third-order valence-corrected chi connectivity index (χ3v) is 5.67. The number of rotatable bonds is 4. The molecule has 0 aromatic heterocycles. The minimum absolute atomic E-state index is 0. The Kier molecular flexibility index (Phi) is 9.61. The molecule has 3 fully saturated rings. The van der Waals surface area contributed by atoms with Crippen LogP contribution >= 0.6 is 24.8 Å². The summed E-state index contributed by atoms with van der Waals surface area (Å²) in [5, 5.41) is 3.39. The molecular weight excluding hydrogens is 379 g/mol. The Morgan fingerprint density at radius 1 is 1.15 bits per heavy atom. The average Bonchev–Trinajstić information content (AvgIpc) is 2.97. The fourth-order valence-electron chi connectivity index (χ4n) is 3.84. The number of ether oxygens (including phenoxy) is 1. The Morgan fingerprint density at radius 3 is 2.54 bits per heavy atom. The number of halogens is 2. The van der Waals surface area contributed by atoms with E-state index in [1.54, 1.807) is 0 Å². The number of morpholine rings is 1. The van der Waals surface area contributed by atoms with Crippen LogP contribution in [0.15, 0.2) is 0 Å². The molecule has 9 heteroatoms. The van der Waals surface area contributed by atoms with E-state index < -0.39 is 0 Å². The number of piperazine rings is 1. The van der Waals surface area contributed by atoms with Crippen LogP contribution in [0.3, 0.4) is 0 Å². The van der Waals surface area contributed by atoms with Crippen LogP contribution in [0.25, 0.3) is 0 Å². The summed E-state index contributed by atoms with van der Waals surface area (Å²) < 4.78 is 5.35. The van der Waals surface area contributed by atoms with E-state index >= 15 is 0 Å². The van der Waals surface area contributed by atoms with Crippen molar-refractivity contribution < 1.29 is 14.3 Å². The molecule has 2 amide bonds. The van der Waals surface area contributed by atoms with Crippen molar-refractivity contribution in [1.82, 2.24) is 20.0 Å². The predicted octanol–water partition coefficient (Wildman–Crippen LogP) is 0.220. The highest BCUT2D eigenvalue weighted by atomic mass is 35.5. The van der Waals surface area contributed by atoms with E-state index in [9.17, 15) is 9.59 Å². The predicted molar refractivity (Wildman–Crippen MR) is 105 cm³/mol. The lowest BCUT2D eigenvalue weighted by Crippen LogP contribution is -2.58. The number of likely N-dealkylation sites (tertiary alicyclic amines) is 1. The molecule has 7 nitrogen and oxygen atoms in total. The van der Waals surface area contributed by atoms with Crippen molar-refractivity contribution >= 4 is 36.6 Å². The van der Waals surface area contributed by atoms with Crippen LogP contribution < -0.4 is 5.32 Å². The second kappa shape index (κ2) is 10.7. The Bertz CT molecular complexity index is 477. The second-order valence-corrected chi connectivity index (χ2v) is 7.21. The number of amides is 2. The molecule has 3 atom stereocenters. The molecule has 3 saturated heterocycles. The summed E-state index contributed by atoms with van der Waals surface area (Å²) in [5.41, 5.74) is 0. The first-order valence-corrected chi connectivity index (χ1v) is 9.18. The van der Waals surface area contributed by atoms with Crippen LogP contribution in [0, 0.1) is 5.92 Å². The van der Waals surface area contributed by atoms with Gasteiger partial charge in [0.2, 0.25) is 11.8 Å². The lowest BCUT2D eigenvalue weighted by atomic mass is 10.0. The average molecular weight is 411 g/mol. The molecule has 26 heavy (non-hydrogen) atoms. The van der Waals surface area contributed by atoms with E-state index in [0.29, 0.717) is 19.0 Å². The maximum absolute atomic E-state index is 12.8. The second-order valence-electron chi connectivity index (χ2n) is 7.21. The van der Waals surface area contributed by atoms with E-state index in [4.69, 9.17) is 4.74 Å². The van der Waals surface area contributed by atoms with Gasteiger partial charge in [0.15, 0.2) is 0 Å². The SMILES string of the molecule is CC1NCCN(C(=O)C2CC(=O)N(CCN3CCOCC3)C2)C1C.Cl.Cl. The Balaban J connectivity index is 0.00000169. The Labute approximate surface area is 168 Å². The maximum Gasteiger partial charge on any atom is 0.228 e. The molecule has 3 rings (SSSR count). The standard InChI is InChI=1S/C17H30N4O3.2ClH/c1-13-14(2)21(4-3-18-13)17(23)15-11-16(22)20(12-15)6-5-19-7-9-24-10-8-19;;/h13-15,18H,3-12H2,1-2H3;2*1H. The van der Waals surface area contributed by atoms with E-state index in [-0.39, 0.29) is 48.6 Å². The van der Waals surface area contributed by atoms with Gasteiger partial charge in [-0.1, -0.05) is 0 Å². The molecule has 0 aliphatic carbocycles. The number of hydrogen-bond acceptors (Lipinski definition) is 5. The zero-order valence-electron chi connectivity index (χ0n) is 15.7. The van der Waals surface area contributed by atoms with Gasteiger partial charge < -0.3 is 19.9 Å². The van der Waals surface area contributed by atoms with Gasteiger partial charge in [-0.25, -0.2) is 0 Å². The van der Waals surface area contributed by atoms with Crippen molar-refractivity contribution in [1.29, 1.82) is 0 Å². The lowest BCUT2D eigenvalue weighted by Gasteiger charge is -2.39. The molecule has 0 radical (unpaired) electrons. The van der Waals surface area contributed by atoms with Crippen molar-refractivity contribution in [2.45, 2.75) is 32.4 Å². The highest BCUT2D eigenvalue weighted by Gasteiger charge is 2.39. The number of nitrogens with one attached hydrogen (secondary N) is 1. The van der Waals surface area contributed by atoms with Crippen molar-refractivity contribution in [3.8, 4) is 0 Å². The third kappa shape index (κ3) is 5.45. The zero-order chi connectivity index (χ0) is 17.1. The first-order valence-electron chi connectivity index (χ1n) is 9.18. The quantitative estimate of drug-likeness (QED) is 0.717. The normalized spacial score (nSPS) is 29.9. The molecule has 0 spiro atoms. The van der Waals surface area contributed by atoms with E-state index in [2.05, 4.69) is 24.1 Å². The third-order valence-electron chi connectivity index (χ3n) is 5.67. The summed E-state index contributed by atoms with van der Waals surface area (Å²) in [7, 11) is 0. The summed E-state index contributed by atoms with van der Waals surface area (Å²) >= 11 is 0. The zero-order valence-corrected chi connectivity index (χ0v) is 17.3. The van der Waals surface area contributed by atoms with E-state index in [1.165, 1.54) is 0 Å². The van der Waals surface area contributed by atoms with Crippen LogP contribution in [-0.4, -0.2) is 97.6 Å². The molecule has 1 N–H and O–H groups in total. The molecule has 0 aromatic carbocycles. The highest BCUT2D eigenvalue weighted by Crippen LogP contribution is 2.22. The summed E-state index contributed by atoms with van der Waals surface area (Å²) in [6.07, 6.45) is 0.368. The van der Waals surface area contributed by atoms with Crippen LogP contribution in [0.2, 0.25) is 0 Å². The van der Waals surface area contributed by atoms with Crippen molar-refractivity contribution in [3.05, 3.63) is 0 Å². The number of hydrogen-bond donors (Lipinski definition) is 1. The molecular formula is C17H32Cl2N4O3. The van der Waals surface area contributed by atoms with Gasteiger partial charge >= 0.3 is 0 Å². The number of carbonyl (C=O) groups excluding carboxylic acids is 2. The minimum Gasteiger partial charge on any atom is -0.379 e. The maximum atomic E-state index is 12.8. The smallest absolute Gasteiger partial charge is 0.228 e. The lowest BCUT2D eigenvalue weighted by molar-refractivity contribution is -0.139. The van der Waals surface area contributed by atoms with Gasteiger partial charge in [0, 0.05) is 64.3 Å². The van der Waals surface area contributed by atoms with E-state index in [1.807, 2.05) is 9.80 Å².